The van der Waals surface area contributed by atoms with Gasteiger partial charge < -0.3 is 5.11 Å². The van der Waals surface area contributed by atoms with E-state index in [4.69, 9.17) is 0 Å². The number of hydrogen-bond acceptors (Lipinski definition) is 1. The molecule has 0 saturated heterocycles. The molecule has 6 atom stereocenters. The van der Waals surface area contributed by atoms with E-state index in [0.717, 1.165) is 36.2 Å². The predicted octanol–water partition coefficient (Wildman–Crippen LogP) is 8.26. The standard InChI is InChI=1S/C29H48O/c1-20(10-8-16-28(4,5)6)25-14-15-26-23(11-9-17-29(25,26)7)12-13-24-19-27(30)22(3)18-21(24)2/h12-13,20-21,25-27,30H,3,8-11,14-19H2,1-2,4-7H3/b23-12+,24-13-/t20-,21?,25+,26-,27+,29+/m0/s1. The Labute approximate surface area is 187 Å². The van der Waals surface area contributed by atoms with Gasteiger partial charge in [-0.2, -0.15) is 0 Å². The van der Waals surface area contributed by atoms with E-state index in [9.17, 15) is 5.11 Å². The second kappa shape index (κ2) is 9.35. The third-order valence-electron chi connectivity index (χ3n) is 8.92. The first-order chi connectivity index (χ1) is 14.0. The lowest BCUT2D eigenvalue weighted by Gasteiger charge is -2.44. The van der Waals surface area contributed by atoms with Gasteiger partial charge in [0.2, 0.25) is 0 Å². The molecule has 3 fully saturated rings. The van der Waals surface area contributed by atoms with E-state index >= 15 is 0 Å². The Kier molecular flexibility index (Phi) is 7.43. The molecular weight excluding hydrogens is 364 g/mol. The SMILES string of the molecule is C=C1CC(C)/C(=C\C=C2/CCC[C@]3(C)[C@@H]([C@@H](C)CCCC(C)(C)C)CC[C@@H]23)C[C@H]1O. The highest BCUT2D eigenvalue weighted by Gasteiger charge is 2.50. The molecule has 3 rings (SSSR count). The van der Waals surface area contributed by atoms with Crippen molar-refractivity contribution in [3.8, 4) is 0 Å². The van der Waals surface area contributed by atoms with Crippen LogP contribution in [0.3, 0.4) is 0 Å². The maximum Gasteiger partial charge on any atom is 0.0785 e. The number of fused-ring (bicyclic) bond motifs is 1. The second-order valence-electron chi connectivity index (χ2n) is 12.5. The number of rotatable bonds is 5. The number of aliphatic hydroxyl groups excluding tert-OH is 1. The predicted molar refractivity (Wildman–Crippen MR) is 130 cm³/mol. The van der Waals surface area contributed by atoms with Crippen LogP contribution in [0.5, 0.6) is 0 Å². The van der Waals surface area contributed by atoms with Crippen LogP contribution < -0.4 is 0 Å². The summed E-state index contributed by atoms with van der Waals surface area (Å²) in [6.45, 7) is 18.6. The molecule has 3 aliphatic rings. The van der Waals surface area contributed by atoms with E-state index in [-0.39, 0.29) is 6.10 Å². The van der Waals surface area contributed by atoms with Crippen molar-refractivity contribution in [3.05, 3.63) is 35.5 Å². The first kappa shape index (κ1) is 23.8. The number of hydrogen-bond donors (Lipinski definition) is 1. The Morgan fingerprint density at radius 2 is 1.87 bits per heavy atom. The van der Waals surface area contributed by atoms with Gasteiger partial charge in [0.05, 0.1) is 6.10 Å². The summed E-state index contributed by atoms with van der Waals surface area (Å²) in [6.07, 6.45) is 17.2. The van der Waals surface area contributed by atoms with Gasteiger partial charge >= 0.3 is 0 Å². The fraction of sp³-hybridized carbons (Fsp3) is 0.793. The summed E-state index contributed by atoms with van der Waals surface area (Å²) in [6, 6.07) is 0. The van der Waals surface area contributed by atoms with Crippen LogP contribution in [0.2, 0.25) is 0 Å². The van der Waals surface area contributed by atoms with E-state index in [1.54, 1.807) is 5.57 Å². The lowest BCUT2D eigenvalue weighted by atomic mass is 9.60. The monoisotopic (exact) mass is 412 g/mol. The highest BCUT2D eigenvalue weighted by molar-refractivity contribution is 5.29. The molecule has 0 amide bonds. The van der Waals surface area contributed by atoms with Crippen LogP contribution in [0.15, 0.2) is 35.5 Å². The van der Waals surface area contributed by atoms with Crippen LogP contribution in [0.1, 0.15) is 106 Å². The minimum atomic E-state index is -0.340. The Balaban J connectivity index is 1.69. The lowest BCUT2D eigenvalue weighted by molar-refractivity contribution is 0.0920. The van der Waals surface area contributed by atoms with Crippen molar-refractivity contribution in [3.63, 3.8) is 0 Å². The van der Waals surface area contributed by atoms with Gasteiger partial charge in [-0.3, -0.25) is 0 Å². The summed E-state index contributed by atoms with van der Waals surface area (Å²) in [7, 11) is 0. The van der Waals surface area contributed by atoms with Gasteiger partial charge in [-0.15, -0.1) is 0 Å². The summed E-state index contributed by atoms with van der Waals surface area (Å²) in [5, 5.41) is 10.2. The van der Waals surface area contributed by atoms with E-state index in [1.165, 1.54) is 56.9 Å². The van der Waals surface area contributed by atoms with Crippen LogP contribution in [-0.2, 0) is 0 Å². The van der Waals surface area contributed by atoms with E-state index < -0.39 is 0 Å². The first-order valence-electron chi connectivity index (χ1n) is 12.8. The first-order valence-corrected chi connectivity index (χ1v) is 12.8. The van der Waals surface area contributed by atoms with Gasteiger partial charge in [0.15, 0.2) is 0 Å². The third-order valence-corrected chi connectivity index (χ3v) is 8.92. The maximum absolute atomic E-state index is 10.2. The van der Waals surface area contributed by atoms with Crippen molar-refractivity contribution in [2.75, 3.05) is 0 Å². The molecule has 0 aromatic heterocycles. The molecule has 30 heavy (non-hydrogen) atoms. The largest absolute Gasteiger partial charge is 0.388 e. The normalized spacial score (nSPS) is 38.8. The van der Waals surface area contributed by atoms with E-state index in [2.05, 4.69) is 60.3 Å². The molecule has 3 saturated carbocycles. The van der Waals surface area contributed by atoms with Crippen LogP contribution >= 0.6 is 0 Å². The van der Waals surface area contributed by atoms with Gasteiger partial charge in [0.1, 0.15) is 0 Å². The molecule has 0 bridgehead atoms. The molecule has 3 aliphatic carbocycles. The molecular formula is C29H48O. The molecule has 1 N–H and O–H groups in total. The van der Waals surface area contributed by atoms with Gasteiger partial charge in [-0.25, -0.2) is 0 Å². The number of allylic oxidation sites excluding steroid dienone is 3. The highest BCUT2D eigenvalue weighted by atomic mass is 16.3. The molecule has 170 valence electrons. The van der Waals surface area contributed by atoms with Crippen molar-refractivity contribution >= 4 is 0 Å². The smallest absolute Gasteiger partial charge is 0.0785 e. The van der Waals surface area contributed by atoms with E-state index in [0.29, 0.717) is 16.7 Å². The topological polar surface area (TPSA) is 20.2 Å². The average Bonchev–Trinajstić information content (AvgIpc) is 3.00. The van der Waals surface area contributed by atoms with Crippen molar-refractivity contribution < 1.29 is 5.11 Å². The minimum Gasteiger partial charge on any atom is -0.388 e. The lowest BCUT2D eigenvalue weighted by Crippen LogP contribution is -2.36. The summed E-state index contributed by atoms with van der Waals surface area (Å²) in [4.78, 5) is 0. The molecule has 0 radical (unpaired) electrons. The van der Waals surface area contributed by atoms with Crippen LogP contribution in [0, 0.1) is 34.5 Å². The Hall–Kier alpha value is -0.820. The summed E-state index contributed by atoms with van der Waals surface area (Å²) in [5.41, 5.74) is 5.09. The zero-order chi connectivity index (χ0) is 22.1. The van der Waals surface area contributed by atoms with Crippen molar-refractivity contribution in [1.29, 1.82) is 0 Å². The van der Waals surface area contributed by atoms with Crippen molar-refractivity contribution in [1.82, 2.24) is 0 Å². The number of aliphatic hydroxyl groups is 1. The summed E-state index contributed by atoms with van der Waals surface area (Å²) >= 11 is 0. The van der Waals surface area contributed by atoms with Crippen LogP contribution in [0.4, 0.5) is 0 Å². The molecule has 0 heterocycles. The van der Waals surface area contributed by atoms with Gasteiger partial charge in [0.25, 0.3) is 0 Å². The Morgan fingerprint density at radius 1 is 1.17 bits per heavy atom. The van der Waals surface area contributed by atoms with Gasteiger partial charge in [0, 0.05) is 0 Å². The van der Waals surface area contributed by atoms with Crippen molar-refractivity contribution in [2.24, 2.45) is 34.5 Å². The zero-order valence-electron chi connectivity index (χ0n) is 20.8. The second-order valence-corrected chi connectivity index (χ2v) is 12.5. The minimum absolute atomic E-state index is 0.340. The Bertz CT molecular complexity index is 675. The zero-order valence-corrected chi connectivity index (χ0v) is 20.8. The van der Waals surface area contributed by atoms with E-state index in [1.807, 2.05) is 0 Å². The Morgan fingerprint density at radius 3 is 2.57 bits per heavy atom. The fourth-order valence-corrected chi connectivity index (χ4v) is 7.05. The average molecular weight is 413 g/mol. The molecule has 0 spiro atoms. The highest BCUT2D eigenvalue weighted by Crippen LogP contribution is 2.60. The van der Waals surface area contributed by atoms with Gasteiger partial charge in [-0.05, 0) is 91.4 Å². The third kappa shape index (κ3) is 5.32. The molecule has 1 heteroatoms. The molecule has 0 aliphatic heterocycles. The molecule has 0 aromatic rings. The van der Waals surface area contributed by atoms with Crippen LogP contribution in [-0.4, -0.2) is 11.2 Å². The van der Waals surface area contributed by atoms with Crippen LogP contribution in [0.25, 0.3) is 0 Å². The molecule has 1 nitrogen and oxygen atoms in total. The van der Waals surface area contributed by atoms with Gasteiger partial charge in [-0.1, -0.05) is 84.3 Å². The fourth-order valence-electron chi connectivity index (χ4n) is 7.05. The molecule has 1 unspecified atom stereocenters. The molecule has 0 aromatic carbocycles. The summed E-state index contributed by atoms with van der Waals surface area (Å²) < 4.78 is 0. The summed E-state index contributed by atoms with van der Waals surface area (Å²) in [5.74, 6) is 3.03. The quantitative estimate of drug-likeness (QED) is 0.451. The maximum atomic E-state index is 10.2. The van der Waals surface area contributed by atoms with Crippen molar-refractivity contribution in [2.45, 2.75) is 112 Å².